The van der Waals surface area contributed by atoms with Crippen molar-refractivity contribution in [3.63, 3.8) is 0 Å². The van der Waals surface area contributed by atoms with E-state index in [-0.39, 0.29) is 46.0 Å². The zero-order valence-electron chi connectivity index (χ0n) is 28.2. The third kappa shape index (κ3) is 5.00. The van der Waals surface area contributed by atoms with Gasteiger partial charge < -0.3 is 0 Å². The lowest BCUT2D eigenvalue weighted by Crippen LogP contribution is -2.29. The number of nitriles is 4. The average Bonchev–Trinajstić information content (AvgIpc) is 3.24. The van der Waals surface area contributed by atoms with E-state index in [0.29, 0.717) is 11.4 Å². The number of anilines is 6. The average molecular weight is 691 g/mol. The summed E-state index contributed by atoms with van der Waals surface area (Å²) in [5.74, 6) is 0.767. The first-order chi connectivity index (χ1) is 26.6. The summed E-state index contributed by atoms with van der Waals surface area (Å²) < 4.78 is 0. The Kier molecular flexibility index (Phi) is 7.42. The molecule has 0 saturated carbocycles. The van der Waals surface area contributed by atoms with Crippen molar-refractivity contribution in [3.05, 3.63) is 156 Å². The summed E-state index contributed by atoms with van der Waals surface area (Å²) in [6.07, 6.45) is 0. The first-order valence-corrected chi connectivity index (χ1v) is 16.8. The molecule has 2 aromatic heterocycles. The number of hydrogen-bond donors (Lipinski definition) is 0. The second-order valence-electron chi connectivity index (χ2n) is 12.4. The van der Waals surface area contributed by atoms with Crippen LogP contribution in [-0.4, -0.2) is 19.9 Å². The van der Waals surface area contributed by atoms with E-state index >= 15 is 0 Å². The maximum atomic E-state index is 10.1. The summed E-state index contributed by atoms with van der Waals surface area (Å²) in [5, 5.41) is 44.7. The van der Waals surface area contributed by atoms with Gasteiger partial charge in [-0.25, -0.2) is 19.9 Å². The summed E-state index contributed by atoms with van der Waals surface area (Å²) in [6, 6.07) is 52.1. The zero-order chi connectivity index (χ0) is 36.8. The number of aromatic nitrogens is 4. The van der Waals surface area contributed by atoms with Crippen molar-refractivity contribution in [1.82, 2.24) is 19.9 Å². The minimum atomic E-state index is -0.176. The third-order valence-corrected chi connectivity index (χ3v) is 9.44. The van der Waals surface area contributed by atoms with Gasteiger partial charge in [-0.3, -0.25) is 9.80 Å². The van der Waals surface area contributed by atoms with Gasteiger partial charge >= 0.3 is 0 Å². The molecule has 0 N–H and O–H groups in total. The lowest BCUT2D eigenvalue weighted by atomic mass is 9.98. The molecule has 54 heavy (non-hydrogen) atoms. The molecule has 10 heteroatoms. The molecule has 248 valence electrons. The van der Waals surface area contributed by atoms with Crippen LogP contribution in [0.4, 0.5) is 34.6 Å². The highest BCUT2D eigenvalue weighted by Gasteiger charge is 2.38. The molecule has 1 aliphatic rings. The Hall–Kier alpha value is -8.44. The predicted molar refractivity (Wildman–Crippen MR) is 205 cm³/mol. The Balaban J connectivity index is 1.24. The Labute approximate surface area is 309 Å². The fourth-order valence-electron chi connectivity index (χ4n) is 6.97. The van der Waals surface area contributed by atoms with Gasteiger partial charge in [0.15, 0.2) is 46.0 Å². The number of rotatable bonds is 4. The molecule has 9 rings (SSSR count). The number of fused-ring (bicyclic) bond motifs is 4. The van der Waals surface area contributed by atoms with Gasteiger partial charge in [0.1, 0.15) is 24.3 Å². The topological polar surface area (TPSA) is 153 Å². The standard InChI is InChI=1S/C44H22N10/c45-23-37-39(25-47)51-43-41(49-37)53(31-19-15-29(16-20-31)35-13-5-9-27-7-1-3-11-33(27)35)42-44(52-40(26-48)38(24-46)50-42)54(43)32-21-17-30(18-22-32)36-14-6-10-28-8-2-4-12-34(28)36/h1-22H. The number of nitrogens with zero attached hydrogens (tertiary/aromatic N) is 10. The van der Waals surface area contributed by atoms with Crippen LogP contribution in [0.2, 0.25) is 0 Å². The van der Waals surface area contributed by atoms with Crippen LogP contribution < -0.4 is 9.80 Å². The molecule has 10 nitrogen and oxygen atoms in total. The fourth-order valence-corrected chi connectivity index (χ4v) is 6.97. The van der Waals surface area contributed by atoms with E-state index < -0.39 is 0 Å². The molecule has 8 aromatic rings. The minimum Gasteiger partial charge on any atom is -0.273 e. The van der Waals surface area contributed by atoms with E-state index in [9.17, 15) is 21.0 Å². The molecule has 0 unspecified atom stereocenters. The molecule has 0 radical (unpaired) electrons. The Bertz CT molecular complexity index is 2700. The van der Waals surface area contributed by atoms with Crippen LogP contribution in [0.3, 0.4) is 0 Å². The van der Waals surface area contributed by atoms with Gasteiger partial charge in [-0.05, 0) is 68.1 Å². The van der Waals surface area contributed by atoms with Crippen molar-refractivity contribution in [3.8, 4) is 46.5 Å². The highest BCUT2D eigenvalue weighted by atomic mass is 15.4. The second-order valence-corrected chi connectivity index (χ2v) is 12.4. The van der Waals surface area contributed by atoms with Gasteiger partial charge in [0.05, 0.1) is 0 Å². The van der Waals surface area contributed by atoms with Gasteiger partial charge in [-0.2, -0.15) is 21.0 Å². The number of hydrogen-bond acceptors (Lipinski definition) is 10. The molecular formula is C44H22N10. The maximum Gasteiger partial charge on any atom is 0.184 e. The van der Waals surface area contributed by atoms with Crippen LogP contribution in [0.15, 0.2) is 133 Å². The van der Waals surface area contributed by atoms with Crippen LogP contribution in [0.1, 0.15) is 22.8 Å². The van der Waals surface area contributed by atoms with Crippen molar-refractivity contribution < 1.29 is 0 Å². The number of benzene rings is 6. The SMILES string of the molecule is N#Cc1nc2c(nc1C#N)N(c1ccc(-c3cccc4ccccc34)cc1)c1nc(C#N)c(C#N)nc1N2c1ccc(-c2cccc3ccccc23)cc1. The molecule has 0 atom stereocenters. The summed E-state index contributed by atoms with van der Waals surface area (Å²) in [6.45, 7) is 0. The quantitative estimate of drug-likeness (QED) is 0.174. The van der Waals surface area contributed by atoms with E-state index in [4.69, 9.17) is 0 Å². The largest absolute Gasteiger partial charge is 0.273 e. The van der Waals surface area contributed by atoms with E-state index in [0.717, 1.165) is 43.8 Å². The lowest BCUT2D eigenvalue weighted by molar-refractivity contribution is 0.965. The maximum absolute atomic E-state index is 10.1. The molecule has 3 heterocycles. The van der Waals surface area contributed by atoms with Crippen molar-refractivity contribution in [2.75, 3.05) is 9.80 Å². The van der Waals surface area contributed by atoms with Gasteiger partial charge in [-0.15, -0.1) is 0 Å². The molecule has 0 amide bonds. The van der Waals surface area contributed by atoms with Gasteiger partial charge in [0, 0.05) is 11.4 Å². The van der Waals surface area contributed by atoms with E-state index in [1.54, 1.807) is 9.80 Å². The van der Waals surface area contributed by atoms with Gasteiger partial charge in [0.2, 0.25) is 0 Å². The molecular weight excluding hydrogens is 669 g/mol. The van der Waals surface area contributed by atoms with E-state index in [2.05, 4.69) is 68.5 Å². The molecule has 0 saturated heterocycles. The summed E-state index contributed by atoms with van der Waals surface area (Å²) in [5.41, 5.74) is 4.49. The normalized spacial score (nSPS) is 11.6. The fraction of sp³-hybridized carbons (Fsp3) is 0. The summed E-state index contributed by atoms with van der Waals surface area (Å²) in [7, 11) is 0. The highest BCUT2D eigenvalue weighted by molar-refractivity contribution is 6.00. The van der Waals surface area contributed by atoms with Crippen LogP contribution in [-0.2, 0) is 0 Å². The molecule has 0 aliphatic carbocycles. The lowest BCUT2D eigenvalue weighted by Gasteiger charge is -2.36. The first kappa shape index (κ1) is 31.5. The van der Waals surface area contributed by atoms with Crippen LogP contribution in [0.5, 0.6) is 0 Å². The van der Waals surface area contributed by atoms with Crippen LogP contribution in [0.25, 0.3) is 43.8 Å². The second kappa shape index (κ2) is 12.7. The summed E-state index contributed by atoms with van der Waals surface area (Å²) >= 11 is 0. The molecule has 1 aliphatic heterocycles. The minimum absolute atomic E-state index is 0.176. The van der Waals surface area contributed by atoms with Crippen molar-refractivity contribution in [2.24, 2.45) is 0 Å². The Morgan fingerprint density at radius 2 is 0.667 bits per heavy atom. The van der Waals surface area contributed by atoms with Crippen LogP contribution in [0, 0.1) is 45.3 Å². The Morgan fingerprint density at radius 1 is 0.352 bits per heavy atom. The molecule has 6 aromatic carbocycles. The van der Waals surface area contributed by atoms with Crippen molar-refractivity contribution >= 4 is 56.2 Å². The molecule has 0 spiro atoms. The van der Waals surface area contributed by atoms with Crippen LogP contribution >= 0.6 is 0 Å². The van der Waals surface area contributed by atoms with E-state index in [1.807, 2.05) is 109 Å². The van der Waals surface area contributed by atoms with E-state index in [1.165, 1.54) is 0 Å². The zero-order valence-corrected chi connectivity index (χ0v) is 28.2. The highest BCUT2D eigenvalue weighted by Crippen LogP contribution is 2.52. The molecule has 0 fully saturated rings. The predicted octanol–water partition coefficient (Wildman–Crippen LogP) is 9.65. The van der Waals surface area contributed by atoms with Gasteiger partial charge in [0.25, 0.3) is 0 Å². The van der Waals surface area contributed by atoms with Crippen molar-refractivity contribution in [1.29, 1.82) is 21.0 Å². The Morgan fingerprint density at radius 3 is 1.00 bits per heavy atom. The monoisotopic (exact) mass is 690 g/mol. The van der Waals surface area contributed by atoms with Gasteiger partial charge in [-0.1, -0.05) is 109 Å². The summed E-state index contributed by atoms with van der Waals surface area (Å²) in [4.78, 5) is 22.0. The first-order valence-electron chi connectivity index (χ1n) is 16.8. The van der Waals surface area contributed by atoms with Crippen molar-refractivity contribution in [2.45, 2.75) is 0 Å². The third-order valence-electron chi connectivity index (χ3n) is 9.44. The molecule has 0 bridgehead atoms. The smallest absolute Gasteiger partial charge is 0.184 e.